The van der Waals surface area contributed by atoms with E-state index >= 15 is 0 Å². The van der Waals surface area contributed by atoms with Crippen molar-refractivity contribution in [3.8, 4) is 5.75 Å². The number of likely N-dealkylation sites (tertiary alicyclic amines) is 1. The van der Waals surface area contributed by atoms with Crippen LogP contribution in [0.15, 0.2) is 78.9 Å². The zero-order valence-corrected chi connectivity index (χ0v) is 17.4. The molecule has 1 aliphatic heterocycles. The first-order chi connectivity index (χ1) is 15.2. The van der Waals surface area contributed by atoms with E-state index in [1.807, 2.05) is 71.6 Å². The predicted octanol–water partition coefficient (Wildman–Crippen LogP) is 4.43. The number of carbonyl (C=O) groups excluding carboxylic acids is 2. The van der Waals surface area contributed by atoms with E-state index < -0.39 is 0 Å². The molecule has 0 radical (unpaired) electrons. The molecule has 1 N–H and O–H groups in total. The summed E-state index contributed by atoms with van der Waals surface area (Å²) >= 11 is 0. The fraction of sp³-hybridized carbons (Fsp3) is 0.231. The molecule has 0 bridgehead atoms. The van der Waals surface area contributed by atoms with Crippen LogP contribution in [0.5, 0.6) is 5.75 Å². The minimum atomic E-state index is -0.164. The lowest BCUT2D eigenvalue weighted by molar-refractivity contribution is 0.0792. The molecule has 3 aromatic rings. The highest BCUT2D eigenvalue weighted by Crippen LogP contribution is 2.16. The summed E-state index contributed by atoms with van der Waals surface area (Å²) in [4.78, 5) is 26.9. The van der Waals surface area contributed by atoms with Crippen LogP contribution >= 0.6 is 0 Å². The van der Waals surface area contributed by atoms with E-state index in [4.69, 9.17) is 4.74 Å². The number of amides is 2. The van der Waals surface area contributed by atoms with Gasteiger partial charge in [-0.2, -0.15) is 0 Å². The lowest BCUT2D eigenvalue weighted by atomic mass is 10.1. The number of nitrogens with one attached hydrogen (secondary N) is 1. The third-order valence-electron chi connectivity index (χ3n) is 5.39. The van der Waals surface area contributed by atoms with Crippen molar-refractivity contribution in [2.24, 2.45) is 0 Å². The molecular weight excluding hydrogens is 388 g/mol. The third-order valence-corrected chi connectivity index (χ3v) is 5.39. The molecule has 0 aromatic heterocycles. The summed E-state index contributed by atoms with van der Waals surface area (Å²) in [5.41, 5.74) is 3.26. The summed E-state index contributed by atoms with van der Waals surface area (Å²) < 4.78 is 5.81. The second kappa shape index (κ2) is 9.94. The van der Waals surface area contributed by atoms with Crippen LogP contribution in [0, 0.1) is 0 Å². The number of nitrogens with zero attached hydrogens (tertiary/aromatic N) is 1. The lowest BCUT2D eigenvalue weighted by Crippen LogP contribution is -2.27. The number of hydrogen-bond donors (Lipinski definition) is 1. The van der Waals surface area contributed by atoms with Crippen LogP contribution in [0.25, 0.3) is 0 Å². The van der Waals surface area contributed by atoms with E-state index in [2.05, 4.69) is 5.32 Å². The first-order valence-corrected chi connectivity index (χ1v) is 10.6. The number of ether oxygens (including phenoxy) is 1. The van der Waals surface area contributed by atoms with Gasteiger partial charge < -0.3 is 15.0 Å². The number of hydrogen-bond acceptors (Lipinski definition) is 3. The van der Waals surface area contributed by atoms with Crippen LogP contribution in [0.1, 0.15) is 44.7 Å². The van der Waals surface area contributed by atoms with E-state index in [-0.39, 0.29) is 11.8 Å². The van der Waals surface area contributed by atoms with E-state index in [0.29, 0.717) is 30.0 Å². The fourth-order valence-corrected chi connectivity index (χ4v) is 3.62. The molecule has 31 heavy (non-hydrogen) atoms. The van der Waals surface area contributed by atoms with Gasteiger partial charge in [-0.3, -0.25) is 9.59 Å². The largest absolute Gasteiger partial charge is 0.489 e. The topological polar surface area (TPSA) is 58.6 Å². The lowest BCUT2D eigenvalue weighted by Gasteiger charge is -2.15. The van der Waals surface area contributed by atoms with Gasteiger partial charge in [-0.05, 0) is 54.3 Å². The van der Waals surface area contributed by atoms with Crippen molar-refractivity contribution in [2.75, 3.05) is 13.1 Å². The van der Waals surface area contributed by atoms with Crippen LogP contribution in [-0.4, -0.2) is 29.8 Å². The van der Waals surface area contributed by atoms with Gasteiger partial charge in [0.1, 0.15) is 12.4 Å². The summed E-state index contributed by atoms with van der Waals surface area (Å²) in [7, 11) is 0. The summed E-state index contributed by atoms with van der Waals surface area (Å²) in [6, 6.07) is 24.5. The fourth-order valence-electron chi connectivity index (χ4n) is 3.62. The first-order valence-electron chi connectivity index (χ1n) is 10.6. The predicted molar refractivity (Wildman–Crippen MR) is 120 cm³/mol. The van der Waals surface area contributed by atoms with Gasteiger partial charge in [0, 0.05) is 30.8 Å². The Balaban J connectivity index is 1.30. The van der Waals surface area contributed by atoms with Gasteiger partial charge in [-0.1, -0.05) is 48.5 Å². The van der Waals surface area contributed by atoms with Gasteiger partial charge in [0.05, 0.1) is 0 Å². The molecule has 5 nitrogen and oxygen atoms in total. The molecule has 0 atom stereocenters. The van der Waals surface area contributed by atoms with Crippen molar-refractivity contribution in [3.63, 3.8) is 0 Å². The normalized spacial score (nSPS) is 13.1. The molecule has 0 spiro atoms. The summed E-state index contributed by atoms with van der Waals surface area (Å²) in [5, 5.41) is 2.93. The molecule has 4 rings (SSSR count). The molecule has 0 saturated carbocycles. The Morgan fingerprint density at radius 1 is 0.806 bits per heavy atom. The standard InChI is InChI=1S/C26H26N2O3/c29-25(23-9-6-10-24(17-23)31-19-21-7-2-1-3-8-21)27-18-20-11-13-22(14-12-20)26(30)28-15-4-5-16-28/h1-3,6-14,17H,4-5,15-16,18-19H2,(H,27,29). The van der Waals surface area contributed by atoms with E-state index in [1.54, 1.807) is 12.1 Å². The van der Waals surface area contributed by atoms with Gasteiger partial charge in [-0.25, -0.2) is 0 Å². The average Bonchev–Trinajstić information content (AvgIpc) is 3.37. The maximum Gasteiger partial charge on any atom is 0.253 e. The first kappa shape index (κ1) is 20.7. The smallest absolute Gasteiger partial charge is 0.253 e. The molecule has 1 fully saturated rings. The van der Waals surface area contributed by atoms with Gasteiger partial charge in [0.2, 0.25) is 0 Å². The molecule has 0 unspecified atom stereocenters. The quantitative estimate of drug-likeness (QED) is 0.622. The van der Waals surface area contributed by atoms with Crippen LogP contribution < -0.4 is 10.1 Å². The molecule has 1 heterocycles. The van der Waals surface area contributed by atoms with Crippen molar-refractivity contribution >= 4 is 11.8 Å². The third kappa shape index (κ3) is 5.51. The van der Waals surface area contributed by atoms with Gasteiger partial charge in [-0.15, -0.1) is 0 Å². The highest BCUT2D eigenvalue weighted by atomic mass is 16.5. The zero-order valence-electron chi connectivity index (χ0n) is 17.4. The van der Waals surface area contributed by atoms with Crippen molar-refractivity contribution < 1.29 is 14.3 Å². The van der Waals surface area contributed by atoms with Crippen LogP contribution in [0.4, 0.5) is 0 Å². The van der Waals surface area contributed by atoms with Crippen molar-refractivity contribution in [2.45, 2.75) is 26.0 Å². The van der Waals surface area contributed by atoms with Gasteiger partial charge in [0.15, 0.2) is 0 Å². The Bertz CT molecular complexity index is 1030. The summed E-state index contributed by atoms with van der Waals surface area (Å²) in [6.45, 7) is 2.52. The average molecular weight is 415 g/mol. The highest BCUT2D eigenvalue weighted by molar-refractivity contribution is 5.95. The van der Waals surface area contributed by atoms with Crippen LogP contribution in [-0.2, 0) is 13.2 Å². The van der Waals surface area contributed by atoms with Crippen LogP contribution in [0.3, 0.4) is 0 Å². The van der Waals surface area contributed by atoms with E-state index in [1.165, 1.54) is 0 Å². The minimum absolute atomic E-state index is 0.0837. The molecule has 1 aliphatic rings. The van der Waals surface area contributed by atoms with Crippen LogP contribution in [0.2, 0.25) is 0 Å². The molecule has 3 aromatic carbocycles. The van der Waals surface area contributed by atoms with Crippen molar-refractivity contribution in [3.05, 3.63) is 101 Å². The monoisotopic (exact) mass is 414 g/mol. The van der Waals surface area contributed by atoms with Gasteiger partial charge >= 0.3 is 0 Å². The van der Waals surface area contributed by atoms with E-state index in [9.17, 15) is 9.59 Å². The molecule has 2 amide bonds. The molecular formula is C26H26N2O3. The van der Waals surface area contributed by atoms with Crippen molar-refractivity contribution in [1.82, 2.24) is 10.2 Å². The maximum atomic E-state index is 12.6. The number of rotatable bonds is 7. The number of carbonyl (C=O) groups is 2. The molecule has 0 aliphatic carbocycles. The SMILES string of the molecule is O=C(NCc1ccc(C(=O)N2CCCC2)cc1)c1cccc(OCc2ccccc2)c1. The minimum Gasteiger partial charge on any atom is -0.489 e. The zero-order chi connectivity index (χ0) is 21.5. The number of benzene rings is 3. The Labute approximate surface area is 182 Å². The molecule has 1 saturated heterocycles. The second-order valence-electron chi connectivity index (χ2n) is 7.68. The Hall–Kier alpha value is -3.60. The maximum absolute atomic E-state index is 12.6. The Morgan fingerprint density at radius 2 is 1.55 bits per heavy atom. The summed E-state index contributed by atoms with van der Waals surface area (Å²) in [5.74, 6) is 0.573. The van der Waals surface area contributed by atoms with Crippen molar-refractivity contribution in [1.29, 1.82) is 0 Å². The molecule has 158 valence electrons. The Kier molecular flexibility index (Phi) is 6.62. The van der Waals surface area contributed by atoms with E-state index in [0.717, 1.165) is 37.1 Å². The molecule has 5 heteroatoms. The van der Waals surface area contributed by atoms with Gasteiger partial charge in [0.25, 0.3) is 11.8 Å². The summed E-state index contributed by atoms with van der Waals surface area (Å²) in [6.07, 6.45) is 2.16. The Morgan fingerprint density at radius 3 is 2.29 bits per heavy atom. The second-order valence-corrected chi connectivity index (χ2v) is 7.68. The highest BCUT2D eigenvalue weighted by Gasteiger charge is 2.19.